The first kappa shape index (κ1) is 15.5. The van der Waals surface area contributed by atoms with E-state index in [1.807, 2.05) is 0 Å². The summed E-state index contributed by atoms with van der Waals surface area (Å²) in [5.74, 6) is 0.290. The van der Waals surface area contributed by atoms with Crippen molar-refractivity contribution >= 4 is 33.2 Å². The monoisotopic (exact) mass is 369 g/mol. The van der Waals surface area contributed by atoms with Crippen LogP contribution in [0, 0.1) is 0 Å². The number of nitrogens with zero attached hydrogens (tertiary/aromatic N) is 1. The molecule has 1 fully saturated rings. The third-order valence-corrected chi connectivity index (χ3v) is 6.55. The Hall–Kier alpha value is -0.350. The second-order valence-corrected chi connectivity index (χ2v) is 8.18. The van der Waals surface area contributed by atoms with Crippen LogP contribution in [0.5, 0.6) is 0 Å². The van der Waals surface area contributed by atoms with Gasteiger partial charge in [0.15, 0.2) is 0 Å². The zero-order valence-corrected chi connectivity index (χ0v) is 15.0. The second kappa shape index (κ2) is 7.28. The van der Waals surface area contributed by atoms with Crippen LogP contribution in [-0.2, 0) is 12.8 Å². The highest BCUT2D eigenvalue weighted by atomic mass is 79.9. The molecule has 0 atom stereocenters. The largest absolute Gasteiger partial charge is 0.335 e. The molecule has 1 aromatic heterocycles. The van der Waals surface area contributed by atoms with Gasteiger partial charge < -0.3 is 4.90 Å². The normalized spacial score (nSPS) is 18.7. The van der Waals surface area contributed by atoms with E-state index in [4.69, 9.17) is 0 Å². The molecule has 0 radical (unpaired) electrons. The summed E-state index contributed by atoms with van der Waals surface area (Å²) < 4.78 is 0. The van der Waals surface area contributed by atoms with Crippen molar-refractivity contribution < 1.29 is 4.79 Å². The van der Waals surface area contributed by atoms with E-state index in [-0.39, 0.29) is 0 Å². The van der Waals surface area contributed by atoms with Crippen molar-refractivity contribution in [3.05, 3.63) is 21.4 Å². The molecule has 21 heavy (non-hydrogen) atoms. The number of alkyl halides is 1. The average molecular weight is 370 g/mol. The van der Waals surface area contributed by atoms with E-state index >= 15 is 0 Å². The van der Waals surface area contributed by atoms with Crippen LogP contribution in [-0.4, -0.2) is 28.7 Å². The molecule has 1 aromatic rings. The lowest BCUT2D eigenvalue weighted by Gasteiger charge is -2.37. The van der Waals surface area contributed by atoms with E-state index < -0.39 is 0 Å². The Morgan fingerprint density at radius 2 is 2.05 bits per heavy atom. The van der Waals surface area contributed by atoms with E-state index in [0.29, 0.717) is 11.9 Å². The van der Waals surface area contributed by atoms with Crippen LogP contribution in [0.3, 0.4) is 0 Å². The Labute approximate surface area is 140 Å². The molecular weight excluding hydrogens is 346 g/mol. The van der Waals surface area contributed by atoms with Crippen molar-refractivity contribution in [3.63, 3.8) is 0 Å². The number of carbonyl (C=O) groups is 1. The van der Waals surface area contributed by atoms with Crippen LogP contribution in [0.1, 0.15) is 65.1 Å². The number of fused-ring (bicyclic) bond motifs is 1. The first-order valence-electron chi connectivity index (χ1n) is 8.28. The maximum Gasteiger partial charge on any atom is 0.264 e. The van der Waals surface area contributed by atoms with Gasteiger partial charge in [0.1, 0.15) is 0 Å². The maximum absolute atomic E-state index is 12.9. The molecule has 116 valence electrons. The highest BCUT2D eigenvalue weighted by molar-refractivity contribution is 9.09. The quantitative estimate of drug-likeness (QED) is 0.539. The Kier molecular flexibility index (Phi) is 5.38. The van der Waals surface area contributed by atoms with Crippen LogP contribution >= 0.6 is 27.3 Å². The van der Waals surface area contributed by atoms with E-state index in [0.717, 1.165) is 23.2 Å². The van der Waals surface area contributed by atoms with Gasteiger partial charge in [-0.3, -0.25) is 4.79 Å². The summed E-state index contributed by atoms with van der Waals surface area (Å²) in [5, 5.41) is 0.977. The molecule has 2 aliphatic carbocycles. The lowest BCUT2D eigenvalue weighted by atomic mass is 9.91. The molecule has 2 aliphatic rings. The zero-order chi connectivity index (χ0) is 14.7. The molecule has 0 saturated heterocycles. The predicted molar refractivity (Wildman–Crippen MR) is 92.7 cm³/mol. The van der Waals surface area contributed by atoms with Gasteiger partial charge in [0, 0.05) is 22.8 Å². The molecule has 3 rings (SSSR count). The van der Waals surface area contributed by atoms with Gasteiger partial charge in [0.2, 0.25) is 0 Å². The minimum atomic E-state index is 0.290. The SMILES string of the molecule is O=C(c1cc2c(s1)CCCCC2)N(CCCBr)C1CCC1. The Morgan fingerprint density at radius 3 is 2.76 bits per heavy atom. The fraction of sp³-hybridized carbons (Fsp3) is 0.706. The van der Waals surface area contributed by atoms with Crippen molar-refractivity contribution in [1.82, 2.24) is 4.90 Å². The van der Waals surface area contributed by atoms with Crippen LogP contribution < -0.4 is 0 Å². The lowest BCUT2D eigenvalue weighted by Crippen LogP contribution is -2.44. The molecule has 0 spiro atoms. The van der Waals surface area contributed by atoms with Crippen LogP contribution in [0.25, 0.3) is 0 Å². The Balaban J connectivity index is 1.75. The summed E-state index contributed by atoms with van der Waals surface area (Å²) in [6, 6.07) is 2.70. The molecule has 0 bridgehead atoms. The highest BCUT2D eigenvalue weighted by Gasteiger charge is 2.30. The molecule has 0 unspecified atom stereocenters. The first-order valence-corrected chi connectivity index (χ1v) is 10.2. The number of aryl methyl sites for hydroxylation is 2. The smallest absolute Gasteiger partial charge is 0.264 e. The fourth-order valence-electron chi connectivity index (χ4n) is 3.29. The number of carbonyl (C=O) groups excluding carboxylic acids is 1. The van der Waals surface area contributed by atoms with Crippen molar-refractivity contribution in [2.45, 2.75) is 63.8 Å². The van der Waals surface area contributed by atoms with Gasteiger partial charge in [-0.25, -0.2) is 0 Å². The molecule has 4 heteroatoms. The second-order valence-electron chi connectivity index (χ2n) is 6.25. The molecule has 0 aromatic carbocycles. The van der Waals surface area contributed by atoms with Gasteiger partial charge in [0.05, 0.1) is 4.88 Å². The van der Waals surface area contributed by atoms with E-state index in [1.165, 1.54) is 61.8 Å². The molecule has 0 aliphatic heterocycles. The molecule has 1 saturated carbocycles. The highest BCUT2D eigenvalue weighted by Crippen LogP contribution is 2.32. The third-order valence-electron chi connectivity index (χ3n) is 4.77. The van der Waals surface area contributed by atoms with Crippen molar-refractivity contribution in [2.24, 2.45) is 0 Å². The summed E-state index contributed by atoms with van der Waals surface area (Å²) in [7, 11) is 0. The molecule has 0 N–H and O–H groups in total. The van der Waals surface area contributed by atoms with Crippen LogP contribution in [0.15, 0.2) is 6.07 Å². The topological polar surface area (TPSA) is 20.3 Å². The Morgan fingerprint density at radius 1 is 1.24 bits per heavy atom. The Bertz CT molecular complexity index is 471. The number of hydrogen-bond acceptors (Lipinski definition) is 2. The van der Waals surface area contributed by atoms with Crippen molar-refractivity contribution in [1.29, 1.82) is 0 Å². The first-order chi connectivity index (χ1) is 10.3. The standard InChI is InChI=1S/C17H24BrNOS/c18-10-5-11-19(14-7-4-8-14)17(20)16-12-13-6-2-1-3-9-15(13)21-16/h12,14H,1-11H2. The summed E-state index contributed by atoms with van der Waals surface area (Å²) in [6.07, 6.45) is 11.0. The van der Waals surface area contributed by atoms with E-state index in [9.17, 15) is 4.79 Å². The summed E-state index contributed by atoms with van der Waals surface area (Å²) in [4.78, 5) is 17.5. The molecule has 1 amide bonds. The van der Waals surface area contributed by atoms with Crippen molar-refractivity contribution in [3.8, 4) is 0 Å². The number of rotatable bonds is 5. The summed E-state index contributed by atoms with van der Waals surface area (Å²) >= 11 is 5.26. The van der Waals surface area contributed by atoms with Crippen LogP contribution in [0.2, 0.25) is 0 Å². The predicted octanol–water partition coefficient (Wildman–Crippen LogP) is 4.80. The van der Waals surface area contributed by atoms with Gasteiger partial charge in [-0.05, 0) is 63.0 Å². The number of hydrogen-bond donors (Lipinski definition) is 0. The number of thiophene rings is 1. The maximum atomic E-state index is 12.9. The summed E-state index contributed by atoms with van der Waals surface area (Å²) in [6.45, 7) is 0.900. The summed E-state index contributed by atoms with van der Waals surface area (Å²) in [5.41, 5.74) is 1.45. The third kappa shape index (κ3) is 3.53. The fourth-order valence-corrected chi connectivity index (χ4v) is 4.75. The number of halogens is 1. The van der Waals surface area contributed by atoms with E-state index in [2.05, 4.69) is 26.9 Å². The molecular formula is C17H24BrNOS. The average Bonchev–Trinajstić information content (AvgIpc) is 2.72. The molecule has 2 nitrogen and oxygen atoms in total. The van der Waals surface area contributed by atoms with E-state index in [1.54, 1.807) is 11.3 Å². The van der Waals surface area contributed by atoms with Gasteiger partial charge in [-0.1, -0.05) is 22.4 Å². The van der Waals surface area contributed by atoms with Gasteiger partial charge in [-0.15, -0.1) is 11.3 Å². The minimum absolute atomic E-state index is 0.290. The van der Waals surface area contributed by atoms with Gasteiger partial charge >= 0.3 is 0 Å². The van der Waals surface area contributed by atoms with Gasteiger partial charge in [0.25, 0.3) is 5.91 Å². The van der Waals surface area contributed by atoms with Gasteiger partial charge in [-0.2, -0.15) is 0 Å². The molecule has 1 heterocycles. The van der Waals surface area contributed by atoms with Crippen molar-refractivity contribution in [2.75, 3.05) is 11.9 Å². The number of amides is 1. The lowest BCUT2D eigenvalue weighted by molar-refractivity contribution is 0.0586. The van der Waals surface area contributed by atoms with Crippen LogP contribution in [0.4, 0.5) is 0 Å². The minimum Gasteiger partial charge on any atom is -0.335 e. The zero-order valence-electron chi connectivity index (χ0n) is 12.6.